The second kappa shape index (κ2) is 11.6. The number of nitrogens with zero attached hydrogens (tertiary/aromatic N) is 2. The van der Waals surface area contributed by atoms with E-state index >= 15 is 0 Å². The number of hydrogen-bond donors (Lipinski definition) is 1. The van der Waals surface area contributed by atoms with E-state index in [2.05, 4.69) is 54.5 Å². The Hall–Kier alpha value is -3.67. The van der Waals surface area contributed by atoms with Gasteiger partial charge in [0.1, 0.15) is 11.5 Å². The van der Waals surface area contributed by atoms with Crippen LogP contribution in [0.5, 0.6) is 11.5 Å². The van der Waals surface area contributed by atoms with Crippen LogP contribution in [0.1, 0.15) is 53.2 Å². The molecule has 2 aromatic carbocycles. The van der Waals surface area contributed by atoms with Crippen LogP contribution in [0, 0.1) is 6.92 Å². The molecule has 1 heterocycles. The number of aromatic nitrogens is 1. The number of pyridine rings is 1. The number of para-hydroxylation sites is 1. The Morgan fingerprint density at radius 2 is 1.75 bits per heavy atom. The largest absolute Gasteiger partial charge is 0.493 e. The molecule has 6 heteroatoms. The number of nitrogens with one attached hydrogen (secondary N) is 1. The van der Waals surface area contributed by atoms with Gasteiger partial charge < -0.3 is 9.47 Å². The van der Waals surface area contributed by atoms with E-state index < -0.39 is 0 Å². The summed E-state index contributed by atoms with van der Waals surface area (Å²) in [6.45, 7) is 7.48. The van der Waals surface area contributed by atoms with Gasteiger partial charge in [0.25, 0.3) is 5.91 Å². The van der Waals surface area contributed by atoms with E-state index in [0.29, 0.717) is 30.4 Å². The van der Waals surface area contributed by atoms with Crippen molar-refractivity contribution < 1.29 is 14.3 Å². The monoisotopic (exact) mass is 431 g/mol. The molecule has 6 nitrogen and oxygen atoms in total. The SMILES string of the molecule is Cc1ccc(C(C)C)c(OCCCOc2ccccc2C=NNC(=O)c2ccncc2)c1. The molecule has 0 saturated carbocycles. The Bertz CT molecular complexity index is 1050. The van der Waals surface area contributed by atoms with Gasteiger partial charge in [-0.25, -0.2) is 5.43 Å². The van der Waals surface area contributed by atoms with Gasteiger partial charge in [0.05, 0.1) is 19.4 Å². The minimum Gasteiger partial charge on any atom is -0.493 e. The number of carbonyl (C=O) groups is 1. The van der Waals surface area contributed by atoms with Gasteiger partial charge >= 0.3 is 0 Å². The van der Waals surface area contributed by atoms with E-state index in [1.807, 2.05) is 24.3 Å². The second-order valence-electron chi connectivity index (χ2n) is 7.72. The molecule has 0 spiro atoms. The fraction of sp³-hybridized carbons (Fsp3) is 0.269. The van der Waals surface area contributed by atoms with Gasteiger partial charge in [0.15, 0.2) is 0 Å². The lowest BCUT2D eigenvalue weighted by Gasteiger charge is -2.15. The summed E-state index contributed by atoms with van der Waals surface area (Å²) >= 11 is 0. The van der Waals surface area contributed by atoms with Crippen LogP contribution in [0.3, 0.4) is 0 Å². The van der Waals surface area contributed by atoms with Crippen molar-refractivity contribution in [1.29, 1.82) is 0 Å². The topological polar surface area (TPSA) is 72.8 Å². The van der Waals surface area contributed by atoms with Crippen LogP contribution >= 0.6 is 0 Å². The van der Waals surface area contributed by atoms with Crippen molar-refractivity contribution in [2.24, 2.45) is 5.10 Å². The van der Waals surface area contributed by atoms with Gasteiger partial charge in [0, 0.05) is 29.9 Å². The minimum absolute atomic E-state index is 0.295. The summed E-state index contributed by atoms with van der Waals surface area (Å²) in [6, 6.07) is 17.2. The van der Waals surface area contributed by atoms with Gasteiger partial charge in [-0.1, -0.05) is 38.1 Å². The third kappa shape index (κ3) is 6.67. The lowest BCUT2D eigenvalue weighted by molar-refractivity contribution is 0.0955. The normalized spacial score (nSPS) is 11.0. The number of ether oxygens (including phenoxy) is 2. The summed E-state index contributed by atoms with van der Waals surface area (Å²) in [7, 11) is 0. The Morgan fingerprint density at radius 3 is 2.50 bits per heavy atom. The quantitative estimate of drug-likeness (QED) is 0.275. The molecule has 1 aromatic heterocycles. The maximum atomic E-state index is 12.1. The molecular formula is C26H29N3O3. The second-order valence-corrected chi connectivity index (χ2v) is 7.72. The van der Waals surface area contributed by atoms with Crippen molar-refractivity contribution in [3.63, 3.8) is 0 Å². The van der Waals surface area contributed by atoms with Gasteiger partial charge in [0.2, 0.25) is 0 Å². The molecule has 1 amide bonds. The van der Waals surface area contributed by atoms with E-state index in [0.717, 1.165) is 17.7 Å². The summed E-state index contributed by atoms with van der Waals surface area (Å²) in [5.41, 5.74) is 6.19. The molecule has 0 unspecified atom stereocenters. The van der Waals surface area contributed by atoms with E-state index in [1.54, 1.807) is 30.7 Å². The van der Waals surface area contributed by atoms with Gasteiger partial charge in [-0.05, 0) is 54.3 Å². The average Bonchev–Trinajstić information content (AvgIpc) is 2.80. The minimum atomic E-state index is -0.295. The van der Waals surface area contributed by atoms with Crippen LogP contribution in [0.4, 0.5) is 0 Å². The zero-order chi connectivity index (χ0) is 22.8. The number of hydrazone groups is 1. The standard InChI is InChI=1S/C26H29N3O3/c1-19(2)23-10-9-20(3)17-25(23)32-16-6-15-31-24-8-5-4-7-22(24)18-28-29-26(30)21-11-13-27-14-12-21/h4-5,7-14,17-19H,6,15-16H2,1-3H3,(H,29,30). The van der Waals surface area contributed by atoms with Crippen LogP contribution in [0.25, 0.3) is 0 Å². The predicted molar refractivity (Wildman–Crippen MR) is 127 cm³/mol. The first kappa shape index (κ1) is 23.0. The van der Waals surface area contributed by atoms with Crippen molar-refractivity contribution in [3.05, 3.63) is 89.2 Å². The van der Waals surface area contributed by atoms with Crippen molar-refractivity contribution in [2.45, 2.75) is 33.1 Å². The molecule has 0 bridgehead atoms. The molecule has 0 aliphatic rings. The molecular weight excluding hydrogens is 402 g/mol. The van der Waals surface area contributed by atoms with Crippen LogP contribution in [0.2, 0.25) is 0 Å². The number of amides is 1. The molecule has 0 aliphatic carbocycles. The fourth-order valence-electron chi connectivity index (χ4n) is 3.11. The zero-order valence-corrected chi connectivity index (χ0v) is 18.7. The number of hydrogen-bond acceptors (Lipinski definition) is 5. The third-order valence-corrected chi connectivity index (χ3v) is 4.83. The maximum Gasteiger partial charge on any atom is 0.271 e. The Labute approximate surface area is 189 Å². The number of benzene rings is 2. The van der Waals surface area contributed by atoms with Crippen molar-refractivity contribution >= 4 is 12.1 Å². The highest BCUT2D eigenvalue weighted by Gasteiger charge is 2.08. The lowest BCUT2D eigenvalue weighted by atomic mass is 10.0. The third-order valence-electron chi connectivity index (χ3n) is 4.83. The van der Waals surface area contributed by atoms with Crippen molar-refractivity contribution in [3.8, 4) is 11.5 Å². The van der Waals surface area contributed by atoms with Gasteiger partial charge in [-0.15, -0.1) is 0 Å². The lowest BCUT2D eigenvalue weighted by Crippen LogP contribution is -2.17. The molecule has 3 rings (SSSR count). The molecule has 32 heavy (non-hydrogen) atoms. The van der Waals surface area contributed by atoms with Gasteiger partial charge in [-0.2, -0.15) is 5.10 Å². The Kier molecular flexibility index (Phi) is 8.37. The van der Waals surface area contributed by atoms with Crippen LogP contribution < -0.4 is 14.9 Å². The predicted octanol–water partition coefficient (Wildman–Crippen LogP) is 5.13. The molecule has 0 fully saturated rings. The summed E-state index contributed by atoms with van der Waals surface area (Å²) in [4.78, 5) is 16.0. The summed E-state index contributed by atoms with van der Waals surface area (Å²) in [5, 5.41) is 4.05. The van der Waals surface area contributed by atoms with E-state index in [4.69, 9.17) is 9.47 Å². The molecule has 166 valence electrons. The molecule has 0 aliphatic heterocycles. The highest BCUT2D eigenvalue weighted by molar-refractivity contribution is 5.94. The molecule has 0 atom stereocenters. The van der Waals surface area contributed by atoms with Crippen molar-refractivity contribution in [1.82, 2.24) is 10.4 Å². The Morgan fingerprint density at radius 1 is 1.03 bits per heavy atom. The summed E-state index contributed by atoms with van der Waals surface area (Å²) in [6.07, 6.45) is 5.45. The molecule has 0 radical (unpaired) electrons. The summed E-state index contributed by atoms with van der Waals surface area (Å²) in [5.74, 6) is 1.76. The van der Waals surface area contributed by atoms with E-state index in [-0.39, 0.29) is 5.91 Å². The fourth-order valence-corrected chi connectivity index (χ4v) is 3.11. The average molecular weight is 432 g/mol. The van der Waals surface area contributed by atoms with Gasteiger partial charge in [-0.3, -0.25) is 9.78 Å². The van der Waals surface area contributed by atoms with Crippen LogP contribution in [0.15, 0.2) is 72.1 Å². The van der Waals surface area contributed by atoms with E-state index in [9.17, 15) is 4.79 Å². The zero-order valence-electron chi connectivity index (χ0n) is 18.7. The number of rotatable bonds is 10. The molecule has 3 aromatic rings. The maximum absolute atomic E-state index is 12.1. The first-order chi connectivity index (χ1) is 15.5. The van der Waals surface area contributed by atoms with Crippen molar-refractivity contribution in [2.75, 3.05) is 13.2 Å². The first-order valence-electron chi connectivity index (χ1n) is 10.7. The first-order valence-corrected chi connectivity index (χ1v) is 10.7. The smallest absolute Gasteiger partial charge is 0.271 e. The Balaban J connectivity index is 1.49. The van der Waals surface area contributed by atoms with E-state index in [1.165, 1.54) is 11.1 Å². The van der Waals surface area contributed by atoms with Crippen LogP contribution in [-0.4, -0.2) is 30.3 Å². The summed E-state index contributed by atoms with van der Waals surface area (Å²) < 4.78 is 11.9. The molecule has 1 N–H and O–H groups in total. The van der Waals surface area contributed by atoms with Crippen LogP contribution in [-0.2, 0) is 0 Å². The number of aryl methyl sites for hydroxylation is 1. The highest BCUT2D eigenvalue weighted by atomic mass is 16.5. The molecule has 0 saturated heterocycles. The highest BCUT2D eigenvalue weighted by Crippen LogP contribution is 2.27. The number of carbonyl (C=O) groups excluding carboxylic acids is 1.